The maximum Gasteiger partial charge on any atom is 0.463 e. The van der Waals surface area contributed by atoms with Crippen LogP contribution in [0.5, 0.6) is 0 Å². The molecule has 0 atom stereocenters. The molecule has 96 valence electrons. The molecule has 1 rings (SSSR count). The molecule has 2 N–H and O–H groups in total. The van der Waals surface area contributed by atoms with Crippen molar-refractivity contribution in [2.24, 2.45) is 0 Å². The molecule has 4 nitrogen and oxygen atoms in total. The van der Waals surface area contributed by atoms with Crippen LogP contribution in [0.2, 0.25) is 0 Å². The molecule has 0 bridgehead atoms. The van der Waals surface area contributed by atoms with Gasteiger partial charge in [-0.2, -0.15) is 27.1 Å². The molecule has 0 aliphatic carbocycles. The number of alkyl halides is 5. The summed E-state index contributed by atoms with van der Waals surface area (Å²) in [6.07, 6.45) is -4.68. The molecule has 0 saturated heterocycles. The zero-order valence-electron chi connectivity index (χ0n) is 8.53. The molecule has 0 saturated carbocycles. The molecule has 1 aromatic rings. The molecule has 0 radical (unpaired) electrons. The van der Waals surface area contributed by atoms with E-state index in [1.165, 1.54) is 18.4 Å². The second kappa shape index (κ2) is 4.30. The van der Waals surface area contributed by atoms with E-state index in [1.54, 1.807) is 0 Å². The van der Waals surface area contributed by atoms with Crippen molar-refractivity contribution in [3.05, 3.63) is 17.5 Å². The third kappa shape index (κ3) is 2.71. The van der Waals surface area contributed by atoms with Crippen molar-refractivity contribution < 1.29 is 26.7 Å². The highest BCUT2D eigenvalue weighted by molar-refractivity contribution is 5.84. The van der Waals surface area contributed by atoms with Crippen LogP contribution in [-0.4, -0.2) is 28.2 Å². The molecule has 1 heterocycles. The largest absolute Gasteiger partial charge is 0.463 e. The number of amides is 1. The van der Waals surface area contributed by atoms with Gasteiger partial charge in [-0.25, -0.2) is 0 Å². The van der Waals surface area contributed by atoms with Crippen LogP contribution in [-0.2, 0) is 11.3 Å². The maximum absolute atomic E-state index is 12.5. The van der Waals surface area contributed by atoms with Gasteiger partial charge in [0.05, 0.1) is 6.20 Å². The average molecular weight is 257 g/mol. The Balaban J connectivity index is 2.65. The number of carbonyl (C=O) groups excluding carboxylic acids is 1. The topological polar surface area (TPSA) is 57.8 Å². The van der Waals surface area contributed by atoms with Crippen LogP contribution in [0.15, 0.2) is 6.20 Å². The number of nitrogens with zero attached hydrogens (tertiary/aromatic N) is 1. The first-order chi connectivity index (χ1) is 7.66. The second-order valence-corrected chi connectivity index (χ2v) is 3.28. The van der Waals surface area contributed by atoms with Gasteiger partial charge >= 0.3 is 18.0 Å². The molecule has 0 unspecified atom stereocenters. The van der Waals surface area contributed by atoms with Crippen molar-refractivity contribution in [1.29, 1.82) is 0 Å². The van der Waals surface area contributed by atoms with Gasteiger partial charge in [-0.1, -0.05) is 0 Å². The molecular formula is C8H8F5N3O. The fourth-order valence-corrected chi connectivity index (χ4v) is 0.969. The van der Waals surface area contributed by atoms with Crippen LogP contribution in [0.3, 0.4) is 0 Å². The van der Waals surface area contributed by atoms with Crippen molar-refractivity contribution in [3.63, 3.8) is 0 Å². The SMILES string of the molecule is Cc1[nH]ncc1CNC(=O)C(F)(F)C(F)(F)F. The first-order valence-corrected chi connectivity index (χ1v) is 4.38. The average Bonchev–Trinajstić information content (AvgIpc) is 2.58. The van der Waals surface area contributed by atoms with E-state index < -0.39 is 24.6 Å². The number of aromatic amines is 1. The van der Waals surface area contributed by atoms with Gasteiger partial charge in [0.2, 0.25) is 0 Å². The van der Waals surface area contributed by atoms with Gasteiger partial charge in [-0.3, -0.25) is 9.89 Å². The number of aryl methyl sites for hydroxylation is 1. The predicted octanol–water partition coefficient (Wildman–Crippen LogP) is 1.53. The highest BCUT2D eigenvalue weighted by Gasteiger charge is 2.63. The number of carbonyl (C=O) groups is 1. The van der Waals surface area contributed by atoms with Gasteiger partial charge in [0.25, 0.3) is 0 Å². The zero-order chi connectivity index (χ0) is 13.3. The lowest BCUT2D eigenvalue weighted by Gasteiger charge is -2.18. The second-order valence-electron chi connectivity index (χ2n) is 3.28. The third-order valence-corrected chi connectivity index (χ3v) is 2.01. The van der Waals surface area contributed by atoms with Gasteiger partial charge in [-0.15, -0.1) is 0 Å². The predicted molar refractivity (Wildman–Crippen MR) is 46.2 cm³/mol. The molecule has 0 aliphatic rings. The van der Waals surface area contributed by atoms with Crippen molar-refractivity contribution in [3.8, 4) is 0 Å². The Hall–Kier alpha value is -1.67. The Labute approximate surface area is 92.2 Å². The summed E-state index contributed by atoms with van der Waals surface area (Å²) < 4.78 is 60.4. The standard InChI is InChI=1S/C8H8F5N3O/c1-4-5(3-15-16-4)2-14-6(17)7(9,10)8(11,12)13/h3H,2H2,1H3,(H,14,17)(H,15,16). The van der Waals surface area contributed by atoms with Crippen LogP contribution in [0.1, 0.15) is 11.3 Å². The van der Waals surface area contributed by atoms with E-state index in [2.05, 4.69) is 10.2 Å². The van der Waals surface area contributed by atoms with E-state index in [4.69, 9.17) is 0 Å². The Bertz CT molecular complexity index is 412. The lowest BCUT2D eigenvalue weighted by Crippen LogP contribution is -2.50. The van der Waals surface area contributed by atoms with Crippen molar-refractivity contribution >= 4 is 5.91 Å². The van der Waals surface area contributed by atoms with Gasteiger partial charge in [0.1, 0.15) is 0 Å². The lowest BCUT2D eigenvalue weighted by molar-refractivity contribution is -0.269. The number of aromatic nitrogens is 2. The fourth-order valence-electron chi connectivity index (χ4n) is 0.969. The summed E-state index contributed by atoms with van der Waals surface area (Å²) in [5.74, 6) is -7.78. The maximum atomic E-state index is 12.5. The Kier molecular flexibility index (Phi) is 3.39. The van der Waals surface area contributed by atoms with Gasteiger partial charge in [0, 0.05) is 17.8 Å². The van der Waals surface area contributed by atoms with E-state index >= 15 is 0 Å². The van der Waals surface area contributed by atoms with Crippen molar-refractivity contribution in [2.75, 3.05) is 0 Å². The normalized spacial score (nSPS) is 12.6. The number of rotatable bonds is 3. The summed E-state index contributed by atoms with van der Waals surface area (Å²) >= 11 is 0. The highest BCUT2D eigenvalue weighted by atomic mass is 19.4. The van der Waals surface area contributed by atoms with Crippen LogP contribution in [0, 0.1) is 6.92 Å². The molecule has 9 heteroatoms. The Morgan fingerprint density at radius 2 is 2.00 bits per heavy atom. The molecule has 0 aromatic carbocycles. The molecule has 1 aromatic heterocycles. The first-order valence-electron chi connectivity index (χ1n) is 4.38. The van der Waals surface area contributed by atoms with E-state index in [-0.39, 0.29) is 0 Å². The van der Waals surface area contributed by atoms with Crippen LogP contribution >= 0.6 is 0 Å². The molecule has 0 fully saturated rings. The fraction of sp³-hybridized carbons (Fsp3) is 0.500. The number of hydrogen-bond donors (Lipinski definition) is 2. The molecule has 0 aliphatic heterocycles. The zero-order valence-corrected chi connectivity index (χ0v) is 8.53. The van der Waals surface area contributed by atoms with E-state index in [9.17, 15) is 26.7 Å². The highest BCUT2D eigenvalue weighted by Crippen LogP contribution is 2.35. The van der Waals surface area contributed by atoms with Crippen LogP contribution < -0.4 is 5.32 Å². The summed E-state index contributed by atoms with van der Waals surface area (Å²) in [6, 6.07) is 0. The monoisotopic (exact) mass is 257 g/mol. The van der Waals surface area contributed by atoms with E-state index in [0.717, 1.165) is 0 Å². The van der Waals surface area contributed by atoms with Crippen LogP contribution in [0.25, 0.3) is 0 Å². The minimum absolute atomic E-state index is 0.330. The third-order valence-electron chi connectivity index (χ3n) is 2.01. The van der Waals surface area contributed by atoms with E-state index in [1.807, 2.05) is 0 Å². The Morgan fingerprint density at radius 3 is 2.41 bits per heavy atom. The number of halogens is 5. The molecule has 17 heavy (non-hydrogen) atoms. The first kappa shape index (κ1) is 13.4. The van der Waals surface area contributed by atoms with Crippen LogP contribution in [0.4, 0.5) is 22.0 Å². The quantitative estimate of drug-likeness (QED) is 0.807. The summed E-state index contributed by atoms with van der Waals surface area (Å²) in [5, 5.41) is 7.48. The molecular weight excluding hydrogens is 249 g/mol. The lowest BCUT2D eigenvalue weighted by atomic mass is 10.2. The van der Waals surface area contributed by atoms with Crippen molar-refractivity contribution in [1.82, 2.24) is 15.5 Å². The summed E-state index contributed by atoms with van der Waals surface area (Å²) in [7, 11) is 0. The molecule has 1 amide bonds. The van der Waals surface area contributed by atoms with Gasteiger partial charge in [0.15, 0.2) is 0 Å². The van der Waals surface area contributed by atoms with Gasteiger partial charge in [-0.05, 0) is 6.92 Å². The van der Waals surface area contributed by atoms with Gasteiger partial charge < -0.3 is 5.32 Å². The summed E-state index contributed by atoms with van der Waals surface area (Å²) in [6.45, 7) is 1.09. The number of hydrogen-bond acceptors (Lipinski definition) is 2. The minimum atomic E-state index is -5.90. The summed E-state index contributed by atoms with van der Waals surface area (Å²) in [5.41, 5.74) is 0.803. The molecule has 0 spiro atoms. The number of nitrogens with one attached hydrogen (secondary N) is 2. The smallest absolute Gasteiger partial charge is 0.346 e. The Morgan fingerprint density at radius 1 is 1.41 bits per heavy atom. The van der Waals surface area contributed by atoms with E-state index in [0.29, 0.717) is 11.3 Å². The van der Waals surface area contributed by atoms with Crippen molar-refractivity contribution in [2.45, 2.75) is 25.6 Å². The number of H-pyrrole nitrogens is 1. The summed E-state index contributed by atoms with van der Waals surface area (Å²) in [4.78, 5) is 10.7. The minimum Gasteiger partial charge on any atom is -0.346 e.